The number of hydrogen-bond acceptors (Lipinski definition) is 7. The Bertz CT molecular complexity index is 1520. The Morgan fingerprint density at radius 2 is 1.68 bits per heavy atom. The number of rotatable bonds is 4. The topological polar surface area (TPSA) is 125 Å². The molecule has 0 spiro atoms. The van der Waals surface area contributed by atoms with E-state index >= 15 is 0 Å². The average Bonchev–Trinajstić information content (AvgIpc) is 3.34. The van der Waals surface area contributed by atoms with Crippen LogP contribution in [-0.2, 0) is 0 Å². The maximum absolute atomic E-state index is 13.0. The van der Waals surface area contributed by atoms with Gasteiger partial charge in [-0.2, -0.15) is 0 Å². The van der Waals surface area contributed by atoms with Crippen molar-refractivity contribution in [3.63, 3.8) is 0 Å². The number of phenols is 1. The molecule has 1 aliphatic carbocycles. The van der Waals surface area contributed by atoms with Crippen LogP contribution in [0.5, 0.6) is 5.75 Å². The summed E-state index contributed by atoms with van der Waals surface area (Å²) in [5.74, 6) is -0.158. The molecule has 0 radical (unpaired) electrons. The van der Waals surface area contributed by atoms with Gasteiger partial charge < -0.3 is 0 Å². The first-order valence-electron chi connectivity index (χ1n) is 10.2. The molecule has 3 N–H and O–H groups in total. The predicted molar refractivity (Wildman–Crippen MR) is 135 cm³/mol. The Hall–Kier alpha value is -2.87. The van der Waals surface area contributed by atoms with Gasteiger partial charge in [-0.1, -0.05) is 0 Å². The monoisotopic (exact) mass is 556 g/mol. The summed E-state index contributed by atoms with van der Waals surface area (Å²) in [5, 5.41) is 30.2. The number of phenolic OH excluding ortho intramolecular Hbond substituents is 1. The van der Waals surface area contributed by atoms with E-state index in [1.807, 2.05) is 0 Å². The van der Waals surface area contributed by atoms with Crippen molar-refractivity contribution in [1.29, 1.82) is 0 Å². The van der Waals surface area contributed by atoms with Crippen molar-refractivity contribution in [2.75, 3.05) is 11.5 Å². The number of aromatic carboxylic acids is 2. The van der Waals surface area contributed by atoms with E-state index in [1.54, 1.807) is 39.1 Å². The van der Waals surface area contributed by atoms with Crippen molar-refractivity contribution in [2.45, 2.75) is 6.92 Å². The summed E-state index contributed by atoms with van der Waals surface area (Å²) in [6.45, 7) is 1.69. The van der Waals surface area contributed by atoms with Crippen molar-refractivity contribution >= 4 is 59.6 Å². The summed E-state index contributed by atoms with van der Waals surface area (Å²) in [7, 11) is 3.58. The SMILES string of the molecule is Cc1c(O)ccc2c(-c3ccc(C(=O)O)cc3C(=O)O)c3ccc(=O)c([As]4SCCS4)c-3oc12. The van der Waals surface area contributed by atoms with Crippen LogP contribution in [0.3, 0.4) is 0 Å². The second kappa shape index (κ2) is 8.72. The first-order valence-corrected chi connectivity index (χ1v) is 17.6. The molecule has 34 heavy (non-hydrogen) atoms. The molecule has 0 amide bonds. The van der Waals surface area contributed by atoms with Crippen molar-refractivity contribution in [1.82, 2.24) is 0 Å². The third kappa shape index (κ3) is 3.68. The molecule has 1 saturated heterocycles. The van der Waals surface area contributed by atoms with Gasteiger partial charge in [0, 0.05) is 0 Å². The number of fused-ring (bicyclic) bond motifs is 2. The van der Waals surface area contributed by atoms with Gasteiger partial charge in [-0.05, 0) is 0 Å². The molecule has 0 atom stereocenters. The summed E-state index contributed by atoms with van der Waals surface area (Å²) >= 11 is -1.82. The van der Waals surface area contributed by atoms with E-state index in [0.29, 0.717) is 43.3 Å². The number of aryl methyl sites for hydroxylation is 1. The molecule has 0 aromatic heterocycles. The van der Waals surface area contributed by atoms with Gasteiger partial charge in [0.1, 0.15) is 0 Å². The van der Waals surface area contributed by atoms with Crippen LogP contribution in [0.2, 0.25) is 0 Å². The van der Waals surface area contributed by atoms with E-state index < -0.39 is 24.3 Å². The van der Waals surface area contributed by atoms with Crippen LogP contribution < -0.4 is 9.78 Å². The average molecular weight is 556 g/mol. The van der Waals surface area contributed by atoms with Gasteiger partial charge in [-0.15, -0.1) is 0 Å². The number of hydrogen-bond donors (Lipinski definition) is 3. The Kier molecular flexibility index (Phi) is 5.88. The molecular formula is C24H17AsO7S2. The number of benzene rings is 3. The summed E-state index contributed by atoms with van der Waals surface area (Å²) < 4.78 is 6.96. The van der Waals surface area contributed by atoms with Crippen molar-refractivity contribution < 1.29 is 29.3 Å². The molecule has 0 saturated carbocycles. The van der Waals surface area contributed by atoms with Gasteiger partial charge in [0.2, 0.25) is 0 Å². The number of carboxylic acid groups (broad SMARTS) is 2. The fourth-order valence-corrected chi connectivity index (χ4v) is 18.8. The summed E-state index contributed by atoms with van der Waals surface area (Å²) in [5.41, 5.74) is 1.83. The van der Waals surface area contributed by atoms with Crippen molar-refractivity contribution in [3.05, 3.63) is 69.4 Å². The Balaban J connectivity index is 1.95. The molecule has 10 heteroatoms. The zero-order valence-electron chi connectivity index (χ0n) is 17.7. The Morgan fingerprint density at radius 3 is 2.35 bits per heavy atom. The molecule has 3 aliphatic rings. The number of carbonyl (C=O) groups is 2. The van der Waals surface area contributed by atoms with E-state index in [1.165, 1.54) is 24.3 Å². The van der Waals surface area contributed by atoms with Gasteiger partial charge in [-0.25, -0.2) is 0 Å². The Morgan fingerprint density at radius 1 is 0.971 bits per heavy atom. The normalized spacial score (nSPS) is 14.1. The molecule has 5 rings (SSSR count). The minimum absolute atomic E-state index is 0.0172. The quantitative estimate of drug-likeness (QED) is 0.251. The van der Waals surface area contributed by atoms with Crippen molar-refractivity contribution in [2.24, 2.45) is 0 Å². The van der Waals surface area contributed by atoms with Crippen LogP contribution in [0.1, 0.15) is 26.3 Å². The molecule has 1 fully saturated rings. The zero-order chi connectivity index (χ0) is 24.1. The van der Waals surface area contributed by atoms with Crippen LogP contribution in [0.15, 0.2) is 51.7 Å². The number of carboxylic acids is 2. The molecular weight excluding hydrogens is 539 g/mol. The van der Waals surface area contributed by atoms with Crippen LogP contribution in [0.4, 0.5) is 0 Å². The second-order valence-electron chi connectivity index (χ2n) is 7.65. The summed E-state index contributed by atoms with van der Waals surface area (Å²) in [6.07, 6.45) is 0. The van der Waals surface area contributed by atoms with Crippen LogP contribution >= 0.6 is 20.0 Å². The molecule has 0 unspecified atom stereocenters. The van der Waals surface area contributed by atoms with E-state index in [-0.39, 0.29) is 22.3 Å². The fraction of sp³-hybridized carbons (Fsp3) is 0.125. The van der Waals surface area contributed by atoms with E-state index in [0.717, 1.165) is 17.6 Å². The molecule has 2 aliphatic heterocycles. The maximum atomic E-state index is 13.0. The summed E-state index contributed by atoms with van der Waals surface area (Å²) in [4.78, 5) is 36.7. The van der Waals surface area contributed by atoms with E-state index in [9.17, 15) is 29.7 Å². The van der Waals surface area contributed by atoms with E-state index in [2.05, 4.69) is 0 Å². The van der Waals surface area contributed by atoms with Crippen LogP contribution in [-0.4, -0.2) is 51.1 Å². The van der Waals surface area contributed by atoms with Crippen LogP contribution in [0, 0.1) is 6.92 Å². The summed E-state index contributed by atoms with van der Waals surface area (Å²) in [6, 6.07) is 10.3. The van der Waals surface area contributed by atoms with Crippen LogP contribution in [0.25, 0.3) is 33.4 Å². The van der Waals surface area contributed by atoms with Gasteiger partial charge in [0.25, 0.3) is 0 Å². The first kappa shape index (κ1) is 22.9. The van der Waals surface area contributed by atoms with Gasteiger partial charge in [0.05, 0.1) is 0 Å². The van der Waals surface area contributed by atoms with Crippen molar-refractivity contribution in [3.8, 4) is 28.2 Å². The number of aromatic hydroxyl groups is 1. The standard InChI is InChI=1S/C24H17AsO7S2/c1-11-17(26)6-4-14-19(13-3-2-12(23(28)29)10-16(13)24(30)31)15-5-7-18(27)20(22(15)32-21(11)14)25-33-8-9-34-25/h2-7,10,26H,8-9H2,1H3,(H,28,29)(H,30,31). The molecule has 2 heterocycles. The van der Waals surface area contributed by atoms with E-state index in [4.69, 9.17) is 4.42 Å². The third-order valence-electron chi connectivity index (χ3n) is 5.66. The van der Waals surface area contributed by atoms with Gasteiger partial charge >= 0.3 is 205 Å². The minimum atomic E-state index is -1.82. The molecule has 7 nitrogen and oxygen atoms in total. The Labute approximate surface area is 204 Å². The van der Waals surface area contributed by atoms with Gasteiger partial charge in [-0.3, -0.25) is 0 Å². The predicted octanol–water partition coefficient (Wildman–Crippen LogP) is 4.15. The molecule has 2 aromatic carbocycles. The fourth-order valence-electron chi connectivity index (χ4n) is 4.05. The molecule has 2 aromatic rings. The van der Waals surface area contributed by atoms with Gasteiger partial charge in [0.15, 0.2) is 0 Å². The first-order chi connectivity index (χ1) is 16.3. The zero-order valence-corrected chi connectivity index (χ0v) is 21.2. The second-order valence-corrected chi connectivity index (χ2v) is 19.2. The molecule has 172 valence electrons. The molecule has 0 bridgehead atoms. The third-order valence-corrected chi connectivity index (χ3v) is 19.3.